The van der Waals surface area contributed by atoms with Gasteiger partial charge in [-0.25, -0.2) is 0 Å². The first-order valence-corrected chi connectivity index (χ1v) is 5.19. The van der Waals surface area contributed by atoms with Gasteiger partial charge in [0.2, 0.25) is 0 Å². The van der Waals surface area contributed by atoms with Gasteiger partial charge in [0, 0.05) is 5.92 Å². The van der Waals surface area contributed by atoms with Crippen LogP contribution < -0.4 is 0 Å². The lowest BCUT2D eigenvalue weighted by Gasteiger charge is -2.32. The van der Waals surface area contributed by atoms with Gasteiger partial charge in [0.15, 0.2) is 0 Å². The first kappa shape index (κ1) is 11.0. The Balaban J connectivity index is 2.47. The molecule has 1 N–H and O–H groups in total. The van der Waals surface area contributed by atoms with E-state index in [-0.39, 0.29) is 6.10 Å². The molecule has 1 aliphatic heterocycles. The summed E-state index contributed by atoms with van der Waals surface area (Å²) < 4.78 is 5.24. The van der Waals surface area contributed by atoms with Crippen molar-refractivity contribution < 1.29 is 9.84 Å². The third-order valence-electron chi connectivity index (χ3n) is 3.52. The van der Waals surface area contributed by atoms with E-state index < -0.39 is 0 Å². The molecule has 2 heteroatoms. The van der Waals surface area contributed by atoms with Gasteiger partial charge in [-0.15, -0.1) is 0 Å². The molecule has 0 unspecified atom stereocenters. The Kier molecular flexibility index (Phi) is 3.36. The highest BCUT2D eigenvalue weighted by molar-refractivity contribution is 4.82. The summed E-state index contributed by atoms with van der Waals surface area (Å²) in [6.45, 7) is 10.3. The predicted molar refractivity (Wildman–Crippen MR) is 53.6 cm³/mol. The van der Waals surface area contributed by atoms with Crippen LogP contribution in [0.15, 0.2) is 0 Å². The molecule has 1 fully saturated rings. The minimum Gasteiger partial charge on any atom is -0.390 e. The van der Waals surface area contributed by atoms with E-state index in [4.69, 9.17) is 4.74 Å². The maximum Gasteiger partial charge on any atom is 0.0823 e. The smallest absolute Gasteiger partial charge is 0.0823 e. The second kappa shape index (κ2) is 3.97. The molecule has 0 aromatic carbocycles. The van der Waals surface area contributed by atoms with Crippen molar-refractivity contribution in [1.82, 2.24) is 0 Å². The van der Waals surface area contributed by atoms with Gasteiger partial charge in [-0.2, -0.15) is 0 Å². The summed E-state index contributed by atoms with van der Waals surface area (Å²) in [4.78, 5) is 0. The average Bonchev–Trinajstić information content (AvgIpc) is 2.35. The van der Waals surface area contributed by atoms with Crippen molar-refractivity contribution in [3.8, 4) is 0 Å². The van der Waals surface area contributed by atoms with Gasteiger partial charge in [0.25, 0.3) is 0 Å². The van der Waals surface area contributed by atoms with Crippen molar-refractivity contribution in [1.29, 1.82) is 0 Å². The molecule has 78 valence electrons. The van der Waals surface area contributed by atoms with Crippen molar-refractivity contribution in [3.63, 3.8) is 0 Å². The second-order valence-electron chi connectivity index (χ2n) is 5.21. The fourth-order valence-electron chi connectivity index (χ4n) is 1.69. The van der Waals surface area contributed by atoms with Gasteiger partial charge < -0.3 is 9.84 Å². The largest absolute Gasteiger partial charge is 0.390 e. The third kappa shape index (κ3) is 2.68. The van der Waals surface area contributed by atoms with Crippen LogP contribution in [0.4, 0.5) is 0 Å². The van der Waals surface area contributed by atoms with Crippen LogP contribution in [0.3, 0.4) is 0 Å². The molecule has 0 aromatic heterocycles. The summed E-state index contributed by atoms with van der Waals surface area (Å²) >= 11 is 0. The van der Waals surface area contributed by atoms with E-state index in [1.165, 1.54) is 0 Å². The summed E-state index contributed by atoms with van der Waals surface area (Å²) in [6.07, 6.45) is 0.823. The SMILES string of the molecule is CC(C)C(C)(C)C[C@@H]1COC[C@H]1O. The van der Waals surface area contributed by atoms with Crippen LogP contribution in [0.25, 0.3) is 0 Å². The van der Waals surface area contributed by atoms with E-state index in [1.54, 1.807) is 0 Å². The number of aliphatic hydroxyl groups is 1. The molecule has 1 heterocycles. The fraction of sp³-hybridized carbons (Fsp3) is 1.00. The van der Waals surface area contributed by atoms with E-state index in [1.807, 2.05) is 0 Å². The Morgan fingerprint density at radius 3 is 2.38 bits per heavy atom. The molecule has 0 saturated carbocycles. The molecule has 0 radical (unpaired) electrons. The second-order valence-corrected chi connectivity index (χ2v) is 5.21. The number of aliphatic hydroxyl groups excluding tert-OH is 1. The molecular formula is C11H22O2. The zero-order valence-corrected chi connectivity index (χ0v) is 9.21. The van der Waals surface area contributed by atoms with Crippen LogP contribution in [-0.4, -0.2) is 24.4 Å². The van der Waals surface area contributed by atoms with E-state index >= 15 is 0 Å². The lowest BCUT2D eigenvalue weighted by atomic mass is 9.74. The fourth-order valence-corrected chi connectivity index (χ4v) is 1.69. The molecule has 1 aliphatic rings. The molecule has 0 aromatic rings. The van der Waals surface area contributed by atoms with Crippen molar-refractivity contribution >= 4 is 0 Å². The molecular weight excluding hydrogens is 164 g/mol. The highest BCUT2D eigenvalue weighted by Crippen LogP contribution is 2.36. The predicted octanol–water partition coefficient (Wildman–Crippen LogP) is 2.07. The number of hydrogen-bond acceptors (Lipinski definition) is 2. The Hall–Kier alpha value is -0.0800. The van der Waals surface area contributed by atoms with Gasteiger partial charge in [0.05, 0.1) is 19.3 Å². The third-order valence-corrected chi connectivity index (χ3v) is 3.52. The van der Waals surface area contributed by atoms with Crippen molar-refractivity contribution in [2.45, 2.75) is 40.2 Å². The number of hydrogen-bond donors (Lipinski definition) is 1. The van der Waals surface area contributed by atoms with Crippen LogP contribution in [0.1, 0.15) is 34.1 Å². The van der Waals surface area contributed by atoms with Crippen LogP contribution in [-0.2, 0) is 4.74 Å². The highest BCUT2D eigenvalue weighted by atomic mass is 16.5. The standard InChI is InChI=1S/C11H22O2/c1-8(2)11(3,4)5-9-6-13-7-10(9)12/h8-10,12H,5-7H2,1-4H3/t9-,10-/m1/s1. The first-order valence-electron chi connectivity index (χ1n) is 5.19. The summed E-state index contributed by atoms with van der Waals surface area (Å²) in [5.41, 5.74) is 0.305. The van der Waals surface area contributed by atoms with E-state index in [9.17, 15) is 5.11 Å². The van der Waals surface area contributed by atoms with Crippen LogP contribution in [0.5, 0.6) is 0 Å². The van der Waals surface area contributed by atoms with Crippen LogP contribution in [0, 0.1) is 17.3 Å². The molecule has 0 aliphatic carbocycles. The van der Waals surface area contributed by atoms with Crippen molar-refractivity contribution in [2.24, 2.45) is 17.3 Å². The lowest BCUT2D eigenvalue weighted by molar-refractivity contribution is 0.0947. The zero-order valence-electron chi connectivity index (χ0n) is 9.21. The Labute approximate surface area is 81.3 Å². The van der Waals surface area contributed by atoms with E-state index in [2.05, 4.69) is 27.7 Å². The Bertz CT molecular complexity index is 163. The molecule has 1 saturated heterocycles. The highest BCUT2D eigenvalue weighted by Gasteiger charge is 2.33. The first-order chi connectivity index (χ1) is 5.93. The van der Waals surface area contributed by atoms with Gasteiger partial charge in [0.1, 0.15) is 0 Å². The quantitative estimate of drug-likeness (QED) is 0.731. The van der Waals surface area contributed by atoms with Gasteiger partial charge in [-0.05, 0) is 17.8 Å². The molecule has 0 spiro atoms. The summed E-state index contributed by atoms with van der Waals surface area (Å²) in [6, 6.07) is 0. The summed E-state index contributed by atoms with van der Waals surface area (Å²) in [5, 5.41) is 9.61. The molecule has 0 bridgehead atoms. The Morgan fingerprint density at radius 1 is 1.38 bits per heavy atom. The summed E-state index contributed by atoms with van der Waals surface area (Å²) in [5.74, 6) is 0.998. The number of ether oxygens (including phenoxy) is 1. The van der Waals surface area contributed by atoms with Gasteiger partial charge >= 0.3 is 0 Å². The summed E-state index contributed by atoms with van der Waals surface area (Å²) in [7, 11) is 0. The zero-order chi connectivity index (χ0) is 10.1. The maximum absolute atomic E-state index is 9.61. The number of rotatable bonds is 3. The lowest BCUT2D eigenvalue weighted by Crippen LogP contribution is -2.28. The minimum absolute atomic E-state index is 0.238. The van der Waals surface area contributed by atoms with E-state index in [0.29, 0.717) is 23.9 Å². The average molecular weight is 186 g/mol. The van der Waals surface area contributed by atoms with Gasteiger partial charge in [-0.3, -0.25) is 0 Å². The van der Waals surface area contributed by atoms with Crippen molar-refractivity contribution in [2.75, 3.05) is 13.2 Å². The minimum atomic E-state index is -0.238. The Morgan fingerprint density at radius 2 is 2.00 bits per heavy atom. The van der Waals surface area contributed by atoms with E-state index in [0.717, 1.165) is 13.0 Å². The van der Waals surface area contributed by atoms with Crippen LogP contribution in [0.2, 0.25) is 0 Å². The molecule has 0 amide bonds. The van der Waals surface area contributed by atoms with Gasteiger partial charge in [-0.1, -0.05) is 27.7 Å². The molecule has 2 atom stereocenters. The molecule has 1 rings (SSSR count). The monoisotopic (exact) mass is 186 g/mol. The molecule has 2 nitrogen and oxygen atoms in total. The maximum atomic E-state index is 9.61. The van der Waals surface area contributed by atoms with Crippen LogP contribution >= 0.6 is 0 Å². The van der Waals surface area contributed by atoms with Crippen molar-refractivity contribution in [3.05, 3.63) is 0 Å². The normalized spacial score (nSPS) is 30.0. The topological polar surface area (TPSA) is 29.5 Å². The molecule has 13 heavy (non-hydrogen) atoms.